The van der Waals surface area contributed by atoms with Gasteiger partial charge in [-0.05, 0) is 41.7 Å². The molecule has 1 atom stereocenters. The molecular formula is C25H31N3O2S. The highest BCUT2D eigenvalue weighted by molar-refractivity contribution is 7.14. The van der Waals surface area contributed by atoms with Gasteiger partial charge in [0, 0.05) is 24.9 Å². The highest BCUT2D eigenvalue weighted by Crippen LogP contribution is 2.32. The summed E-state index contributed by atoms with van der Waals surface area (Å²) in [7, 11) is 1.68. The summed E-state index contributed by atoms with van der Waals surface area (Å²) in [6.45, 7) is 8.72. The maximum atomic E-state index is 12.5. The van der Waals surface area contributed by atoms with Crippen LogP contribution in [-0.4, -0.2) is 18.0 Å². The number of thiazole rings is 1. The summed E-state index contributed by atoms with van der Waals surface area (Å²) in [5.74, 6) is 1.23. The standard InChI is InChI=1S/C25H31N3O2S/c1-6-19-9-7-8-10-23(19)28(18(4)29)25-27-21(16-31-25)15-26-24(17(2)3)20-11-13-22(30-5)14-12-20/h7-14,16-17,24,26H,6,15H2,1-5H3. The van der Waals surface area contributed by atoms with Crippen LogP contribution < -0.4 is 15.0 Å². The van der Waals surface area contributed by atoms with Crippen molar-refractivity contribution in [2.45, 2.75) is 46.7 Å². The number of methoxy groups -OCH3 is 1. The van der Waals surface area contributed by atoms with Gasteiger partial charge < -0.3 is 10.1 Å². The second-order valence-electron chi connectivity index (χ2n) is 7.83. The lowest BCUT2D eigenvalue weighted by Crippen LogP contribution is -2.26. The van der Waals surface area contributed by atoms with Crippen LogP contribution >= 0.6 is 11.3 Å². The number of aromatic nitrogens is 1. The Morgan fingerprint density at radius 2 is 1.87 bits per heavy atom. The minimum absolute atomic E-state index is 0.0342. The molecule has 0 radical (unpaired) electrons. The third-order valence-corrected chi connectivity index (χ3v) is 6.18. The van der Waals surface area contributed by atoms with E-state index in [0.29, 0.717) is 17.6 Å². The van der Waals surface area contributed by atoms with Crippen molar-refractivity contribution < 1.29 is 9.53 Å². The largest absolute Gasteiger partial charge is 0.497 e. The van der Waals surface area contributed by atoms with Crippen molar-refractivity contribution >= 4 is 28.1 Å². The van der Waals surface area contributed by atoms with E-state index in [4.69, 9.17) is 9.72 Å². The number of carbonyl (C=O) groups excluding carboxylic acids is 1. The number of ether oxygens (including phenoxy) is 1. The van der Waals surface area contributed by atoms with Crippen molar-refractivity contribution in [3.63, 3.8) is 0 Å². The van der Waals surface area contributed by atoms with E-state index in [1.807, 2.05) is 35.7 Å². The number of nitrogens with zero attached hydrogens (tertiary/aromatic N) is 2. The first-order chi connectivity index (χ1) is 14.9. The molecule has 0 aliphatic heterocycles. The summed E-state index contributed by atoms with van der Waals surface area (Å²) in [6, 6.07) is 16.4. The summed E-state index contributed by atoms with van der Waals surface area (Å²) in [4.78, 5) is 19.0. The third kappa shape index (κ3) is 5.51. The Kier molecular flexibility index (Phi) is 7.82. The summed E-state index contributed by atoms with van der Waals surface area (Å²) in [5, 5.41) is 6.36. The van der Waals surface area contributed by atoms with E-state index < -0.39 is 0 Å². The van der Waals surface area contributed by atoms with Gasteiger partial charge >= 0.3 is 0 Å². The Hall–Kier alpha value is -2.70. The van der Waals surface area contributed by atoms with Crippen LogP contribution in [-0.2, 0) is 17.8 Å². The molecule has 0 aliphatic rings. The van der Waals surface area contributed by atoms with Gasteiger partial charge in [0.15, 0.2) is 5.13 Å². The van der Waals surface area contributed by atoms with Crippen LogP contribution in [0, 0.1) is 5.92 Å². The average molecular weight is 438 g/mol. The summed E-state index contributed by atoms with van der Waals surface area (Å²) in [6.07, 6.45) is 0.859. The van der Waals surface area contributed by atoms with Crippen LogP contribution in [0.1, 0.15) is 50.6 Å². The lowest BCUT2D eigenvalue weighted by molar-refractivity contribution is -0.115. The zero-order valence-corrected chi connectivity index (χ0v) is 19.7. The molecule has 0 fully saturated rings. The molecule has 3 aromatic rings. The number of benzene rings is 2. The number of amides is 1. The van der Waals surface area contributed by atoms with E-state index in [0.717, 1.165) is 29.1 Å². The van der Waals surface area contributed by atoms with E-state index >= 15 is 0 Å². The Bertz CT molecular complexity index is 998. The normalized spacial score (nSPS) is 12.1. The molecule has 0 spiro atoms. The Morgan fingerprint density at radius 1 is 1.16 bits per heavy atom. The fraction of sp³-hybridized carbons (Fsp3) is 0.360. The molecule has 6 heteroatoms. The van der Waals surface area contributed by atoms with Crippen LogP contribution in [0.3, 0.4) is 0 Å². The number of carbonyl (C=O) groups is 1. The number of hydrogen-bond donors (Lipinski definition) is 1. The van der Waals surface area contributed by atoms with E-state index in [9.17, 15) is 4.79 Å². The summed E-state index contributed by atoms with van der Waals surface area (Å²) < 4.78 is 5.27. The zero-order chi connectivity index (χ0) is 22.4. The van der Waals surface area contributed by atoms with Crippen LogP contribution in [0.25, 0.3) is 0 Å². The molecule has 0 aliphatic carbocycles. The topological polar surface area (TPSA) is 54.5 Å². The number of rotatable bonds is 9. The number of hydrogen-bond acceptors (Lipinski definition) is 5. The summed E-state index contributed by atoms with van der Waals surface area (Å²) >= 11 is 1.50. The molecule has 3 rings (SSSR count). The molecular weight excluding hydrogens is 406 g/mol. The van der Waals surface area contributed by atoms with E-state index in [1.54, 1.807) is 18.9 Å². The molecule has 1 N–H and O–H groups in total. The first-order valence-corrected chi connectivity index (χ1v) is 11.5. The lowest BCUT2D eigenvalue weighted by Gasteiger charge is -2.23. The monoisotopic (exact) mass is 437 g/mol. The fourth-order valence-corrected chi connectivity index (χ4v) is 4.56. The maximum absolute atomic E-state index is 12.5. The van der Waals surface area contributed by atoms with Crippen molar-refractivity contribution in [2.75, 3.05) is 12.0 Å². The molecule has 31 heavy (non-hydrogen) atoms. The van der Waals surface area contributed by atoms with Gasteiger partial charge in [-0.15, -0.1) is 11.3 Å². The van der Waals surface area contributed by atoms with Crippen LogP contribution in [0.4, 0.5) is 10.8 Å². The van der Waals surface area contributed by atoms with Gasteiger partial charge in [-0.1, -0.05) is 51.1 Å². The van der Waals surface area contributed by atoms with Crippen molar-refractivity contribution in [1.29, 1.82) is 0 Å². The zero-order valence-electron chi connectivity index (χ0n) is 18.9. The van der Waals surface area contributed by atoms with Gasteiger partial charge in [0.05, 0.1) is 18.5 Å². The minimum atomic E-state index is -0.0342. The van der Waals surface area contributed by atoms with Crippen LogP contribution in [0.5, 0.6) is 5.75 Å². The Morgan fingerprint density at radius 3 is 2.48 bits per heavy atom. The Balaban J connectivity index is 1.77. The quantitative estimate of drug-likeness (QED) is 0.454. The Labute approximate surface area is 189 Å². The van der Waals surface area contributed by atoms with Crippen LogP contribution in [0.15, 0.2) is 53.9 Å². The molecule has 2 aromatic carbocycles. The van der Waals surface area contributed by atoms with E-state index in [1.165, 1.54) is 16.9 Å². The molecule has 1 aromatic heterocycles. The predicted molar refractivity (Wildman–Crippen MR) is 128 cm³/mol. The molecule has 164 valence electrons. The first kappa shape index (κ1) is 23.0. The van der Waals surface area contributed by atoms with E-state index in [-0.39, 0.29) is 11.9 Å². The highest BCUT2D eigenvalue weighted by Gasteiger charge is 2.21. The van der Waals surface area contributed by atoms with Gasteiger partial charge in [0.2, 0.25) is 5.91 Å². The average Bonchev–Trinajstić information content (AvgIpc) is 3.22. The van der Waals surface area contributed by atoms with Crippen molar-refractivity contribution in [2.24, 2.45) is 5.92 Å². The third-order valence-electron chi connectivity index (χ3n) is 5.30. The first-order valence-electron chi connectivity index (χ1n) is 10.6. The SMILES string of the molecule is CCc1ccccc1N(C(C)=O)c1nc(CNC(c2ccc(OC)cc2)C(C)C)cs1. The smallest absolute Gasteiger partial charge is 0.230 e. The number of anilines is 2. The lowest BCUT2D eigenvalue weighted by atomic mass is 9.96. The molecule has 0 saturated heterocycles. The second-order valence-corrected chi connectivity index (χ2v) is 8.67. The predicted octanol–water partition coefficient (Wildman–Crippen LogP) is 5.89. The van der Waals surface area contributed by atoms with Crippen molar-refractivity contribution in [1.82, 2.24) is 10.3 Å². The van der Waals surface area contributed by atoms with Gasteiger partial charge in [-0.3, -0.25) is 9.69 Å². The highest BCUT2D eigenvalue weighted by atomic mass is 32.1. The molecule has 1 unspecified atom stereocenters. The molecule has 1 heterocycles. The van der Waals surface area contributed by atoms with Gasteiger partial charge in [0.1, 0.15) is 5.75 Å². The number of nitrogens with one attached hydrogen (secondary N) is 1. The van der Waals surface area contributed by atoms with Crippen molar-refractivity contribution in [3.8, 4) is 5.75 Å². The number of aryl methyl sites for hydroxylation is 1. The van der Waals surface area contributed by atoms with Gasteiger partial charge in [-0.25, -0.2) is 4.98 Å². The minimum Gasteiger partial charge on any atom is -0.497 e. The van der Waals surface area contributed by atoms with Gasteiger partial charge in [-0.2, -0.15) is 0 Å². The molecule has 1 amide bonds. The second kappa shape index (κ2) is 10.6. The van der Waals surface area contributed by atoms with Crippen molar-refractivity contribution in [3.05, 3.63) is 70.7 Å². The number of para-hydroxylation sites is 1. The maximum Gasteiger partial charge on any atom is 0.230 e. The molecule has 5 nitrogen and oxygen atoms in total. The molecule has 0 bridgehead atoms. The van der Waals surface area contributed by atoms with Crippen LogP contribution in [0.2, 0.25) is 0 Å². The molecule has 0 saturated carbocycles. The summed E-state index contributed by atoms with van der Waals surface area (Å²) in [5.41, 5.74) is 4.18. The fourth-order valence-electron chi connectivity index (χ4n) is 3.68. The van der Waals surface area contributed by atoms with Gasteiger partial charge in [0.25, 0.3) is 0 Å². The van der Waals surface area contributed by atoms with E-state index in [2.05, 4.69) is 44.3 Å².